The molecule has 0 amide bonds. The molecule has 3 heteroatoms. The maximum atomic E-state index is 4.69. The first-order chi connectivity index (χ1) is 9.33. The second-order valence-corrected chi connectivity index (χ2v) is 5.34. The Morgan fingerprint density at radius 3 is 2.21 bits per heavy atom. The molecule has 94 valence electrons. The fraction of sp³-hybridized carbons (Fsp3) is 0.125. The monoisotopic (exact) mass is 266 g/mol. The number of hydrogen-bond donors (Lipinski definition) is 0. The van der Waals surface area contributed by atoms with Crippen molar-refractivity contribution in [1.82, 2.24) is 9.97 Å². The standard InChI is InChI=1S/C16H14N2S/c1-12-16(19-11-13-7-3-2-4-8-13)18-15-10-6-5-9-14(15)17-12/h2-10H,11H2,1H3. The number of aryl methyl sites for hydroxylation is 1. The van der Waals surface area contributed by atoms with Gasteiger partial charge < -0.3 is 0 Å². The average Bonchev–Trinajstić information content (AvgIpc) is 2.46. The maximum absolute atomic E-state index is 4.69. The summed E-state index contributed by atoms with van der Waals surface area (Å²) < 4.78 is 0. The summed E-state index contributed by atoms with van der Waals surface area (Å²) in [6, 6.07) is 18.4. The molecule has 0 saturated heterocycles. The molecule has 3 aromatic rings. The highest BCUT2D eigenvalue weighted by molar-refractivity contribution is 7.98. The van der Waals surface area contributed by atoms with E-state index in [0.29, 0.717) is 0 Å². The molecule has 2 nitrogen and oxygen atoms in total. The van der Waals surface area contributed by atoms with Crippen molar-refractivity contribution in [2.24, 2.45) is 0 Å². The average molecular weight is 266 g/mol. The van der Waals surface area contributed by atoms with Gasteiger partial charge in [0.1, 0.15) is 5.03 Å². The SMILES string of the molecule is Cc1nc2ccccc2nc1SCc1ccccc1. The van der Waals surface area contributed by atoms with E-state index in [4.69, 9.17) is 4.98 Å². The van der Waals surface area contributed by atoms with Crippen LogP contribution in [0.15, 0.2) is 59.6 Å². The number of thioether (sulfide) groups is 1. The third kappa shape index (κ3) is 2.76. The Balaban J connectivity index is 1.86. The second-order valence-electron chi connectivity index (χ2n) is 4.38. The molecule has 3 rings (SSSR count). The minimum absolute atomic E-state index is 0.925. The summed E-state index contributed by atoms with van der Waals surface area (Å²) in [4.78, 5) is 9.29. The Morgan fingerprint density at radius 2 is 1.47 bits per heavy atom. The van der Waals surface area contributed by atoms with Crippen molar-refractivity contribution < 1.29 is 0 Å². The topological polar surface area (TPSA) is 25.8 Å². The number of benzene rings is 2. The minimum atomic E-state index is 0.925. The van der Waals surface area contributed by atoms with Crippen LogP contribution in [0.5, 0.6) is 0 Å². The van der Waals surface area contributed by atoms with Crippen LogP contribution in [0.2, 0.25) is 0 Å². The number of rotatable bonds is 3. The Labute approximate surface area is 116 Å². The molecular weight excluding hydrogens is 252 g/mol. The number of fused-ring (bicyclic) bond motifs is 1. The normalized spacial score (nSPS) is 10.8. The van der Waals surface area contributed by atoms with E-state index in [1.54, 1.807) is 11.8 Å². The first-order valence-corrected chi connectivity index (χ1v) is 7.21. The van der Waals surface area contributed by atoms with E-state index in [1.807, 2.05) is 37.3 Å². The van der Waals surface area contributed by atoms with Crippen molar-refractivity contribution in [1.29, 1.82) is 0 Å². The first-order valence-electron chi connectivity index (χ1n) is 6.23. The molecule has 1 heterocycles. The van der Waals surface area contributed by atoms with E-state index in [-0.39, 0.29) is 0 Å². The highest BCUT2D eigenvalue weighted by Crippen LogP contribution is 2.25. The Morgan fingerprint density at radius 1 is 0.842 bits per heavy atom. The van der Waals surface area contributed by atoms with Crippen LogP contribution in [0, 0.1) is 6.92 Å². The molecular formula is C16H14N2S. The zero-order valence-corrected chi connectivity index (χ0v) is 11.5. The number of para-hydroxylation sites is 2. The van der Waals surface area contributed by atoms with Gasteiger partial charge in [0.05, 0.1) is 16.7 Å². The first kappa shape index (κ1) is 12.2. The van der Waals surface area contributed by atoms with E-state index >= 15 is 0 Å². The highest BCUT2D eigenvalue weighted by Gasteiger charge is 2.05. The molecule has 0 spiro atoms. The van der Waals surface area contributed by atoms with Gasteiger partial charge in [0, 0.05) is 5.75 Å². The fourth-order valence-electron chi connectivity index (χ4n) is 1.93. The summed E-state index contributed by atoms with van der Waals surface area (Å²) in [5.74, 6) is 0.925. The van der Waals surface area contributed by atoms with Crippen LogP contribution in [0.3, 0.4) is 0 Å². The third-order valence-electron chi connectivity index (χ3n) is 2.92. The zero-order valence-electron chi connectivity index (χ0n) is 10.7. The van der Waals surface area contributed by atoms with Gasteiger partial charge in [0.25, 0.3) is 0 Å². The summed E-state index contributed by atoms with van der Waals surface area (Å²) in [6.45, 7) is 2.02. The molecule has 0 atom stereocenters. The Kier molecular flexibility index (Phi) is 3.47. The lowest BCUT2D eigenvalue weighted by Crippen LogP contribution is -1.93. The zero-order chi connectivity index (χ0) is 13.1. The van der Waals surface area contributed by atoms with Crippen LogP contribution in [0.1, 0.15) is 11.3 Å². The van der Waals surface area contributed by atoms with E-state index in [9.17, 15) is 0 Å². The lowest BCUT2D eigenvalue weighted by molar-refractivity contribution is 1.04. The molecule has 0 aliphatic rings. The summed E-state index contributed by atoms with van der Waals surface area (Å²) >= 11 is 1.74. The quantitative estimate of drug-likeness (QED) is 0.663. The van der Waals surface area contributed by atoms with Crippen molar-refractivity contribution in [2.45, 2.75) is 17.7 Å². The molecule has 1 aromatic heterocycles. The molecule has 0 radical (unpaired) electrons. The molecule has 0 aliphatic carbocycles. The Bertz CT molecular complexity index is 695. The van der Waals surface area contributed by atoms with Gasteiger partial charge in [-0.2, -0.15) is 0 Å². The summed E-state index contributed by atoms with van der Waals surface area (Å²) in [6.07, 6.45) is 0. The third-order valence-corrected chi connectivity index (χ3v) is 4.06. The Hall–Kier alpha value is -1.87. The van der Waals surface area contributed by atoms with Crippen molar-refractivity contribution >= 4 is 22.8 Å². The summed E-state index contributed by atoms with van der Waals surface area (Å²) in [5, 5.41) is 1.02. The number of aromatic nitrogens is 2. The summed E-state index contributed by atoms with van der Waals surface area (Å²) in [5.41, 5.74) is 4.23. The van der Waals surface area contributed by atoms with Crippen LogP contribution in [-0.2, 0) is 5.75 Å². The van der Waals surface area contributed by atoms with Gasteiger partial charge in [-0.3, -0.25) is 0 Å². The molecule has 0 bridgehead atoms. The second kappa shape index (κ2) is 5.41. The van der Waals surface area contributed by atoms with Gasteiger partial charge in [-0.25, -0.2) is 9.97 Å². The lowest BCUT2D eigenvalue weighted by atomic mass is 10.2. The molecule has 0 saturated carbocycles. The molecule has 19 heavy (non-hydrogen) atoms. The van der Waals surface area contributed by atoms with Gasteiger partial charge >= 0.3 is 0 Å². The van der Waals surface area contributed by atoms with Crippen molar-refractivity contribution in [3.8, 4) is 0 Å². The summed E-state index contributed by atoms with van der Waals surface area (Å²) in [7, 11) is 0. The smallest absolute Gasteiger partial charge is 0.118 e. The predicted octanol–water partition coefficient (Wildman–Crippen LogP) is 4.23. The van der Waals surface area contributed by atoms with E-state index in [2.05, 4.69) is 29.2 Å². The highest BCUT2D eigenvalue weighted by atomic mass is 32.2. The predicted molar refractivity (Wildman–Crippen MR) is 80.3 cm³/mol. The lowest BCUT2D eigenvalue weighted by Gasteiger charge is -2.06. The molecule has 0 fully saturated rings. The van der Waals surface area contributed by atoms with E-state index < -0.39 is 0 Å². The van der Waals surface area contributed by atoms with Gasteiger partial charge in [0.15, 0.2) is 0 Å². The van der Waals surface area contributed by atoms with Gasteiger partial charge in [-0.05, 0) is 24.6 Å². The molecule has 2 aromatic carbocycles. The number of nitrogens with zero attached hydrogens (tertiary/aromatic N) is 2. The largest absolute Gasteiger partial charge is 0.249 e. The van der Waals surface area contributed by atoms with E-state index in [1.165, 1.54) is 5.56 Å². The van der Waals surface area contributed by atoms with Crippen molar-refractivity contribution in [3.05, 3.63) is 65.9 Å². The van der Waals surface area contributed by atoms with Gasteiger partial charge in [-0.15, -0.1) is 0 Å². The molecule has 0 N–H and O–H groups in total. The fourth-order valence-corrected chi connectivity index (χ4v) is 2.85. The van der Waals surface area contributed by atoms with Crippen LogP contribution in [-0.4, -0.2) is 9.97 Å². The van der Waals surface area contributed by atoms with Gasteiger partial charge in [0.2, 0.25) is 0 Å². The van der Waals surface area contributed by atoms with E-state index in [0.717, 1.165) is 27.5 Å². The van der Waals surface area contributed by atoms with Crippen LogP contribution in [0.4, 0.5) is 0 Å². The van der Waals surface area contributed by atoms with Crippen molar-refractivity contribution in [3.63, 3.8) is 0 Å². The molecule has 0 aliphatic heterocycles. The molecule has 0 unspecified atom stereocenters. The minimum Gasteiger partial charge on any atom is -0.249 e. The number of hydrogen-bond acceptors (Lipinski definition) is 3. The van der Waals surface area contributed by atoms with Crippen LogP contribution >= 0.6 is 11.8 Å². The van der Waals surface area contributed by atoms with Crippen molar-refractivity contribution in [2.75, 3.05) is 0 Å². The van der Waals surface area contributed by atoms with Gasteiger partial charge in [-0.1, -0.05) is 54.2 Å². The van der Waals surface area contributed by atoms with Crippen LogP contribution in [0.25, 0.3) is 11.0 Å². The maximum Gasteiger partial charge on any atom is 0.118 e. The van der Waals surface area contributed by atoms with Crippen LogP contribution < -0.4 is 0 Å².